The molecule has 0 N–H and O–H groups in total. The van der Waals surface area contributed by atoms with Gasteiger partial charge in [0.05, 0.1) is 33.0 Å². The number of pyridine rings is 1. The van der Waals surface area contributed by atoms with Crippen LogP contribution in [0.4, 0.5) is 0 Å². The fourth-order valence-corrected chi connectivity index (χ4v) is 10.2. The van der Waals surface area contributed by atoms with Gasteiger partial charge in [0.1, 0.15) is 11.6 Å². The summed E-state index contributed by atoms with van der Waals surface area (Å²) in [5.74, 6) is 1.76. The number of benzene rings is 7. The molecule has 0 fully saturated rings. The second kappa shape index (κ2) is 14.7. The van der Waals surface area contributed by atoms with Gasteiger partial charge < -0.3 is 0 Å². The SMILES string of the molecule is CCC1(C)c2ccc(-c3cccc(-c4cc(-c5nc6ccccc6n5-c5ccccc5)cc(-c5nc6ccccc6n5-c5ccccc5)c4)c3)cc2-c2cccc[n+]2C1(C)CC. The Kier molecular flexibility index (Phi) is 8.90. The van der Waals surface area contributed by atoms with Crippen LogP contribution in [0.3, 0.4) is 0 Å². The zero-order valence-electron chi connectivity index (χ0n) is 35.6. The molecular weight excluding hydrogens is 755 g/mol. The zero-order valence-corrected chi connectivity index (χ0v) is 35.6. The lowest BCUT2D eigenvalue weighted by Crippen LogP contribution is -2.67. The highest BCUT2D eigenvalue weighted by Gasteiger charge is 2.56. The Labute approximate surface area is 363 Å². The van der Waals surface area contributed by atoms with Gasteiger partial charge in [0.15, 0.2) is 11.7 Å². The van der Waals surface area contributed by atoms with Crippen LogP contribution in [-0.2, 0) is 11.0 Å². The number of hydrogen-bond donors (Lipinski definition) is 0. The monoisotopic (exact) mass is 802 g/mol. The van der Waals surface area contributed by atoms with E-state index in [2.05, 4.69) is 236 Å². The first-order chi connectivity index (χ1) is 30.4. The molecule has 2 atom stereocenters. The molecule has 11 rings (SSSR count). The van der Waals surface area contributed by atoms with E-state index < -0.39 is 0 Å². The summed E-state index contributed by atoms with van der Waals surface area (Å²) >= 11 is 0. The molecule has 1 aliphatic rings. The molecule has 7 aromatic carbocycles. The van der Waals surface area contributed by atoms with Crippen LogP contribution >= 0.6 is 0 Å². The van der Waals surface area contributed by atoms with Crippen molar-refractivity contribution < 1.29 is 4.57 Å². The number of nitrogens with zero attached hydrogens (tertiary/aromatic N) is 5. The summed E-state index contributed by atoms with van der Waals surface area (Å²) in [5.41, 5.74) is 16.7. The molecular formula is C57H48N5+. The van der Waals surface area contributed by atoms with Gasteiger partial charge in [0.2, 0.25) is 5.69 Å². The molecule has 10 aromatic rings. The van der Waals surface area contributed by atoms with E-state index >= 15 is 0 Å². The van der Waals surface area contributed by atoms with Crippen LogP contribution in [0.15, 0.2) is 194 Å². The maximum atomic E-state index is 5.35. The summed E-state index contributed by atoms with van der Waals surface area (Å²) in [4.78, 5) is 10.7. The van der Waals surface area contributed by atoms with Crippen LogP contribution < -0.4 is 4.57 Å². The van der Waals surface area contributed by atoms with Gasteiger partial charge in [-0.15, -0.1) is 0 Å². The van der Waals surface area contributed by atoms with Gasteiger partial charge in [-0.1, -0.05) is 105 Å². The topological polar surface area (TPSA) is 39.5 Å². The van der Waals surface area contributed by atoms with Crippen molar-refractivity contribution in [1.29, 1.82) is 0 Å². The molecule has 0 radical (unpaired) electrons. The third-order valence-corrected chi connectivity index (χ3v) is 14.0. The van der Waals surface area contributed by atoms with E-state index in [9.17, 15) is 0 Å². The molecule has 0 aliphatic carbocycles. The molecule has 5 nitrogen and oxygen atoms in total. The smallest absolute Gasteiger partial charge is 0.213 e. The van der Waals surface area contributed by atoms with Crippen molar-refractivity contribution in [2.75, 3.05) is 0 Å². The molecule has 62 heavy (non-hydrogen) atoms. The lowest BCUT2D eigenvalue weighted by Gasteiger charge is -2.46. The second-order valence-corrected chi connectivity index (χ2v) is 17.1. The van der Waals surface area contributed by atoms with Gasteiger partial charge in [-0.3, -0.25) is 9.13 Å². The zero-order chi connectivity index (χ0) is 42.0. The predicted octanol–water partition coefficient (Wildman–Crippen LogP) is 13.8. The molecule has 4 heterocycles. The van der Waals surface area contributed by atoms with Crippen LogP contribution in [0, 0.1) is 0 Å². The molecule has 0 saturated heterocycles. The minimum atomic E-state index is -0.0440. The Balaban J connectivity index is 1.13. The normalized spacial score (nSPS) is 17.0. The van der Waals surface area contributed by atoms with Crippen LogP contribution in [0.25, 0.3) is 89.7 Å². The fraction of sp³-hybridized carbons (Fsp3) is 0.140. The van der Waals surface area contributed by atoms with Crippen molar-refractivity contribution in [2.24, 2.45) is 0 Å². The van der Waals surface area contributed by atoms with Gasteiger partial charge in [-0.25, -0.2) is 9.97 Å². The van der Waals surface area contributed by atoms with Gasteiger partial charge in [0, 0.05) is 48.0 Å². The number of aromatic nitrogens is 5. The molecule has 5 heteroatoms. The van der Waals surface area contributed by atoms with Crippen molar-refractivity contribution >= 4 is 22.1 Å². The standard InChI is InChI=1S/C57H48N5/c1-5-56(3)48-32-31-41(38-47(48)51-28-17-18-33-60(51)57(56,4)6-2)39-20-19-21-40(34-39)42-35-43(54-58-49-26-13-15-29-52(49)61(54)45-22-9-7-10-23-45)37-44(36-42)55-59-50-27-14-16-30-53(50)62(55)46-24-11-8-12-25-46/h7-38H,5-6H2,1-4H3/q+1. The Morgan fingerprint density at radius 1 is 0.452 bits per heavy atom. The maximum absolute atomic E-state index is 5.35. The molecule has 300 valence electrons. The minimum absolute atomic E-state index is 0.0280. The summed E-state index contributed by atoms with van der Waals surface area (Å²) < 4.78 is 7.11. The van der Waals surface area contributed by atoms with E-state index in [0.717, 1.165) is 80.2 Å². The van der Waals surface area contributed by atoms with E-state index in [4.69, 9.17) is 9.97 Å². The average molecular weight is 803 g/mol. The molecule has 0 bridgehead atoms. The van der Waals surface area contributed by atoms with Gasteiger partial charge in [-0.05, 0) is 126 Å². The maximum Gasteiger partial charge on any atom is 0.213 e. The molecule has 0 amide bonds. The van der Waals surface area contributed by atoms with Crippen LogP contribution in [0.5, 0.6) is 0 Å². The minimum Gasteiger partial charge on any atom is -0.292 e. The van der Waals surface area contributed by atoms with Crippen LogP contribution in [-0.4, -0.2) is 19.1 Å². The first-order valence-electron chi connectivity index (χ1n) is 21.9. The van der Waals surface area contributed by atoms with Gasteiger partial charge in [-0.2, -0.15) is 4.57 Å². The molecule has 0 spiro atoms. The summed E-state index contributed by atoms with van der Waals surface area (Å²) in [7, 11) is 0. The first kappa shape index (κ1) is 37.6. The van der Waals surface area contributed by atoms with Crippen molar-refractivity contribution in [1.82, 2.24) is 19.1 Å². The quantitative estimate of drug-likeness (QED) is 0.144. The van der Waals surface area contributed by atoms with E-state index in [-0.39, 0.29) is 11.0 Å². The molecule has 3 aromatic heterocycles. The highest BCUT2D eigenvalue weighted by atomic mass is 15.1. The Bertz CT molecular complexity index is 3170. The fourth-order valence-electron chi connectivity index (χ4n) is 10.2. The average Bonchev–Trinajstić information content (AvgIpc) is 3.93. The van der Waals surface area contributed by atoms with Crippen molar-refractivity contribution in [3.63, 3.8) is 0 Å². The van der Waals surface area contributed by atoms with E-state index in [1.54, 1.807) is 0 Å². The molecule has 0 saturated carbocycles. The predicted molar refractivity (Wildman–Crippen MR) is 255 cm³/mol. The largest absolute Gasteiger partial charge is 0.292 e. The highest BCUT2D eigenvalue weighted by molar-refractivity contribution is 5.89. The molecule has 2 unspecified atom stereocenters. The van der Waals surface area contributed by atoms with E-state index in [0.29, 0.717) is 0 Å². The van der Waals surface area contributed by atoms with Crippen molar-refractivity contribution in [3.05, 3.63) is 200 Å². The first-order valence-corrected chi connectivity index (χ1v) is 21.9. The third-order valence-electron chi connectivity index (χ3n) is 14.0. The van der Waals surface area contributed by atoms with E-state index in [1.165, 1.54) is 27.9 Å². The Hall–Kier alpha value is -7.37. The highest BCUT2D eigenvalue weighted by Crippen LogP contribution is 2.50. The lowest BCUT2D eigenvalue weighted by atomic mass is 9.60. The summed E-state index contributed by atoms with van der Waals surface area (Å²) in [5, 5.41) is 0. The number of imidazole rings is 2. The van der Waals surface area contributed by atoms with Crippen LogP contribution in [0.1, 0.15) is 46.1 Å². The number of fused-ring (bicyclic) bond motifs is 5. The number of rotatable bonds is 8. The number of hydrogen-bond acceptors (Lipinski definition) is 2. The molecule has 1 aliphatic heterocycles. The van der Waals surface area contributed by atoms with E-state index in [1.807, 2.05) is 0 Å². The Morgan fingerprint density at radius 3 is 1.53 bits per heavy atom. The van der Waals surface area contributed by atoms with Crippen molar-refractivity contribution in [2.45, 2.75) is 51.5 Å². The van der Waals surface area contributed by atoms with Gasteiger partial charge in [0.25, 0.3) is 0 Å². The summed E-state index contributed by atoms with van der Waals surface area (Å²) in [6.45, 7) is 9.57. The Morgan fingerprint density at radius 2 is 0.952 bits per heavy atom. The van der Waals surface area contributed by atoms with Gasteiger partial charge >= 0.3 is 0 Å². The summed E-state index contributed by atoms with van der Waals surface area (Å²) in [6, 6.07) is 67.6. The lowest BCUT2D eigenvalue weighted by molar-refractivity contribution is -0.765. The third kappa shape index (κ3) is 5.79. The van der Waals surface area contributed by atoms with Crippen LogP contribution in [0.2, 0.25) is 0 Å². The second-order valence-electron chi connectivity index (χ2n) is 17.1. The number of para-hydroxylation sites is 6. The summed E-state index contributed by atoms with van der Waals surface area (Å²) in [6.07, 6.45) is 4.38. The van der Waals surface area contributed by atoms with Crippen molar-refractivity contribution in [3.8, 4) is 67.7 Å².